The van der Waals surface area contributed by atoms with Gasteiger partial charge < -0.3 is 10.1 Å². The Bertz CT molecular complexity index is 246. The predicted molar refractivity (Wildman–Crippen MR) is 58.5 cm³/mol. The van der Waals surface area contributed by atoms with Crippen molar-refractivity contribution in [2.75, 3.05) is 13.7 Å². The monoisotopic (exact) mass is 209 g/mol. The van der Waals surface area contributed by atoms with Crippen molar-refractivity contribution in [1.29, 1.82) is 0 Å². The molecule has 1 fully saturated rings. The topological polar surface area (TPSA) is 38.3 Å². The molecule has 0 aliphatic heterocycles. The fraction of sp³-hybridized carbons (Fsp3) is 0.750. The molecular formula is C12H19NO2. The molecule has 3 nitrogen and oxygen atoms in total. The number of alkyl carbamates (subject to hydrolysis) is 1. The van der Waals surface area contributed by atoms with Crippen molar-refractivity contribution >= 4 is 6.09 Å². The molecule has 1 N–H and O–H groups in total. The summed E-state index contributed by atoms with van der Waals surface area (Å²) in [7, 11) is 1.60. The van der Waals surface area contributed by atoms with Crippen molar-refractivity contribution in [2.24, 2.45) is 17.8 Å². The first-order valence-corrected chi connectivity index (χ1v) is 5.82. The van der Waals surface area contributed by atoms with Gasteiger partial charge >= 0.3 is 6.09 Å². The van der Waals surface area contributed by atoms with Crippen LogP contribution in [0.1, 0.15) is 25.7 Å². The lowest BCUT2D eigenvalue weighted by Crippen LogP contribution is -2.20. The van der Waals surface area contributed by atoms with E-state index in [4.69, 9.17) is 4.74 Å². The Hall–Kier alpha value is -0.990. The van der Waals surface area contributed by atoms with Gasteiger partial charge in [0.05, 0.1) is 6.61 Å². The Kier molecular flexibility index (Phi) is 3.29. The number of nitrogens with one attached hydrogen (secondary N) is 1. The van der Waals surface area contributed by atoms with Crippen LogP contribution in [0.25, 0.3) is 0 Å². The molecule has 0 bridgehead atoms. The van der Waals surface area contributed by atoms with Crippen LogP contribution in [0.15, 0.2) is 12.2 Å². The Balaban J connectivity index is 1.75. The zero-order valence-corrected chi connectivity index (χ0v) is 9.24. The van der Waals surface area contributed by atoms with E-state index in [1.165, 1.54) is 25.7 Å². The van der Waals surface area contributed by atoms with Gasteiger partial charge in [0.15, 0.2) is 0 Å². The van der Waals surface area contributed by atoms with E-state index in [1.807, 2.05) is 0 Å². The smallest absolute Gasteiger partial charge is 0.406 e. The van der Waals surface area contributed by atoms with Crippen LogP contribution in [0.5, 0.6) is 0 Å². The van der Waals surface area contributed by atoms with E-state index >= 15 is 0 Å². The van der Waals surface area contributed by atoms with Crippen LogP contribution in [0.2, 0.25) is 0 Å². The maximum Gasteiger partial charge on any atom is 0.406 e. The minimum atomic E-state index is -0.299. The average Bonchev–Trinajstić information content (AvgIpc) is 2.85. The summed E-state index contributed by atoms with van der Waals surface area (Å²) in [5.74, 6) is 2.24. The molecule has 3 heteroatoms. The van der Waals surface area contributed by atoms with Crippen LogP contribution in [-0.2, 0) is 4.74 Å². The van der Waals surface area contributed by atoms with E-state index < -0.39 is 0 Å². The zero-order chi connectivity index (χ0) is 10.7. The quantitative estimate of drug-likeness (QED) is 0.709. The minimum Gasteiger partial charge on any atom is -0.449 e. The van der Waals surface area contributed by atoms with Crippen molar-refractivity contribution < 1.29 is 9.53 Å². The number of ether oxygens (including phenoxy) is 1. The fourth-order valence-corrected chi connectivity index (χ4v) is 2.69. The van der Waals surface area contributed by atoms with E-state index in [9.17, 15) is 4.79 Å². The highest BCUT2D eigenvalue weighted by Crippen LogP contribution is 2.52. The number of hydrogen-bond acceptors (Lipinski definition) is 2. The number of amides is 1. The number of rotatable bonds is 2. The molecule has 1 amide bonds. The Morgan fingerprint density at radius 3 is 2.47 bits per heavy atom. The first-order valence-electron chi connectivity index (χ1n) is 5.82. The van der Waals surface area contributed by atoms with E-state index in [1.54, 1.807) is 7.05 Å². The molecule has 0 radical (unpaired) electrons. The lowest BCUT2D eigenvalue weighted by molar-refractivity contribution is 0.139. The molecular weight excluding hydrogens is 190 g/mol. The largest absolute Gasteiger partial charge is 0.449 e. The van der Waals surface area contributed by atoms with Gasteiger partial charge in [-0.3, -0.25) is 0 Å². The third-order valence-corrected chi connectivity index (χ3v) is 3.62. The molecule has 0 heterocycles. The second kappa shape index (κ2) is 4.69. The van der Waals surface area contributed by atoms with Crippen LogP contribution < -0.4 is 5.32 Å². The highest BCUT2D eigenvalue weighted by molar-refractivity contribution is 5.66. The van der Waals surface area contributed by atoms with Crippen LogP contribution in [0.3, 0.4) is 0 Å². The number of carbonyl (C=O) groups excluding carboxylic acids is 1. The average molecular weight is 209 g/mol. The van der Waals surface area contributed by atoms with Crippen molar-refractivity contribution in [3.63, 3.8) is 0 Å². The SMILES string of the molecule is CNC(=O)OCC1[C@H]2CCC=CCC[C@@H]12. The summed E-state index contributed by atoms with van der Waals surface area (Å²) < 4.78 is 5.12. The molecule has 0 saturated heterocycles. The summed E-state index contributed by atoms with van der Waals surface area (Å²) in [6, 6.07) is 0. The maximum atomic E-state index is 10.9. The van der Waals surface area contributed by atoms with Gasteiger partial charge in [0, 0.05) is 7.05 Å². The summed E-state index contributed by atoms with van der Waals surface area (Å²) in [6.45, 7) is 0.606. The molecule has 84 valence electrons. The highest BCUT2D eigenvalue weighted by Gasteiger charge is 2.49. The van der Waals surface area contributed by atoms with Crippen LogP contribution in [0, 0.1) is 17.8 Å². The Morgan fingerprint density at radius 2 is 1.93 bits per heavy atom. The first kappa shape index (κ1) is 10.5. The van der Waals surface area contributed by atoms with Gasteiger partial charge in [-0.1, -0.05) is 12.2 Å². The summed E-state index contributed by atoms with van der Waals surface area (Å²) in [5.41, 5.74) is 0. The molecule has 2 rings (SSSR count). The third-order valence-electron chi connectivity index (χ3n) is 3.62. The summed E-state index contributed by atoms with van der Waals surface area (Å²) in [4.78, 5) is 10.9. The van der Waals surface area contributed by atoms with Crippen LogP contribution >= 0.6 is 0 Å². The number of allylic oxidation sites excluding steroid dienone is 2. The van der Waals surface area contributed by atoms with Gasteiger partial charge in [-0.2, -0.15) is 0 Å². The van der Waals surface area contributed by atoms with Gasteiger partial charge in [-0.05, 0) is 43.4 Å². The molecule has 0 spiro atoms. The van der Waals surface area contributed by atoms with Crippen molar-refractivity contribution in [3.05, 3.63) is 12.2 Å². The first-order chi connectivity index (χ1) is 7.33. The summed E-state index contributed by atoms with van der Waals surface area (Å²) >= 11 is 0. The second-order valence-electron chi connectivity index (χ2n) is 4.47. The van der Waals surface area contributed by atoms with E-state index in [2.05, 4.69) is 17.5 Å². The predicted octanol–water partition coefficient (Wildman–Crippen LogP) is 2.33. The van der Waals surface area contributed by atoms with Crippen molar-refractivity contribution in [2.45, 2.75) is 25.7 Å². The van der Waals surface area contributed by atoms with Gasteiger partial charge in [-0.15, -0.1) is 0 Å². The Morgan fingerprint density at radius 1 is 1.33 bits per heavy atom. The fourth-order valence-electron chi connectivity index (χ4n) is 2.69. The Labute approximate surface area is 90.9 Å². The molecule has 1 saturated carbocycles. The molecule has 2 aliphatic carbocycles. The molecule has 2 aliphatic rings. The van der Waals surface area contributed by atoms with Crippen LogP contribution in [0.4, 0.5) is 4.79 Å². The van der Waals surface area contributed by atoms with Gasteiger partial charge in [0.1, 0.15) is 0 Å². The molecule has 0 aromatic heterocycles. The van der Waals surface area contributed by atoms with Crippen molar-refractivity contribution in [3.8, 4) is 0 Å². The van der Waals surface area contributed by atoms with E-state index in [0.29, 0.717) is 12.5 Å². The van der Waals surface area contributed by atoms with Gasteiger partial charge in [0.2, 0.25) is 0 Å². The number of carbonyl (C=O) groups is 1. The summed E-state index contributed by atoms with van der Waals surface area (Å²) in [5, 5.41) is 2.48. The molecule has 1 unspecified atom stereocenters. The zero-order valence-electron chi connectivity index (χ0n) is 9.24. The molecule has 0 aromatic rings. The second-order valence-corrected chi connectivity index (χ2v) is 4.47. The highest BCUT2D eigenvalue weighted by atomic mass is 16.5. The van der Waals surface area contributed by atoms with Crippen molar-refractivity contribution in [1.82, 2.24) is 5.32 Å². The lowest BCUT2D eigenvalue weighted by Gasteiger charge is -2.02. The summed E-state index contributed by atoms with van der Waals surface area (Å²) in [6.07, 6.45) is 9.18. The minimum absolute atomic E-state index is 0.299. The maximum absolute atomic E-state index is 10.9. The third kappa shape index (κ3) is 2.52. The van der Waals surface area contributed by atoms with Gasteiger partial charge in [0.25, 0.3) is 0 Å². The van der Waals surface area contributed by atoms with E-state index in [0.717, 1.165) is 11.8 Å². The van der Waals surface area contributed by atoms with E-state index in [-0.39, 0.29) is 6.09 Å². The lowest BCUT2D eigenvalue weighted by atomic mass is 10.1. The normalized spacial score (nSPS) is 33.5. The standard InChI is InChI=1S/C12H19NO2/c1-13-12(14)15-8-11-9-6-4-2-3-5-7-10(9)11/h2-3,9-11H,4-8H2,1H3,(H,13,14)/t9-,10+,11?. The van der Waals surface area contributed by atoms with Gasteiger partial charge in [-0.25, -0.2) is 4.79 Å². The number of hydrogen-bond donors (Lipinski definition) is 1. The number of fused-ring (bicyclic) bond motifs is 1. The molecule has 3 atom stereocenters. The van der Waals surface area contributed by atoms with Crippen LogP contribution in [-0.4, -0.2) is 19.7 Å². The molecule has 0 aromatic carbocycles. The molecule has 15 heavy (non-hydrogen) atoms.